The third-order valence-corrected chi connectivity index (χ3v) is 26.9. The second-order valence-corrected chi connectivity index (χ2v) is 33.6. The van der Waals surface area contributed by atoms with Crippen molar-refractivity contribution < 1.29 is 13.3 Å². The summed E-state index contributed by atoms with van der Waals surface area (Å²) in [6.07, 6.45) is 0. The third kappa shape index (κ3) is 11.6. The average Bonchev–Trinajstić information content (AvgIpc) is 1.54. The van der Waals surface area contributed by atoms with Crippen LogP contribution in [0.3, 0.4) is 0 Å². The molecule has 6 heteroatoms. The third-order valence-electron chi connectivity index (χ3n) is 26.9. The predicted octanol–water partition coefficient (Wildman–Crippen LogP) is 32.8. The van der Waals surface area contributed by atoms with Crippen LogP contribution in [-0.4, -0.2) is 4.57 Å². The Labute approximate surface area is 740 Å². The average molecular weight is 1630 g/mol. The van der Waals surface area contributed by atoms with Crippen molar-refractivity contribution in [1.82, 2.24) is 4.57 Å². The summed E-state index contributed by atoms with van der Waals surface area (Å²) in [5, 5.41) is 9.26. The number of hydrogen-bond acceptors (Lipinski definition) is 5. The first-order chi connectivity index (χ1) is 63.5. The number of nitrogens with zero attached hydrogens (tertiary/aromatic N) is 3. The lowest BCUT2D eigenvalue weighted by Crippen LogP contribution is -2.28. The monoisotopic (exact) mass is 1630 g/mol. The molecule has 0 atom stereocenters. The van der Waals surface area contributed by atoms with Crippen molar-refractivity contribution in [3.05, 3.63) is 524 Å². The van der Waals surface area contributed by atoms with Gasteiger partial charge >= 0.3 is 0 Å². The summed E-state index contributed by atoms with van der Waals surface area (Å²) >= 11 is 0. The van der Waals surface area contributed by atoms with Crippen molar-refractivity contribution in [3.8, 4) is 61.3 Å². The minimum atomic E-state index is -0.527. The van der Waals surface area contributed by atoms with Gasteiger partial charge in [-0.3, -0.25) is 0 Å². The first kappa shape index (κ1) is 73.9. The Morgan fingerprint density at radius 3 is 0.781 bits per heavy atom. The molecule has 0 saturated heterocycles. The summed E-state index contributed by atoms with van der Waals surface area (Å²) in [4.78, 5) is 4.80. The Bertz CT molecular complexity index is 8120. The molecule has 600 valence electrons. The number of aromatic nitrogens is 1. The van der Waals surface area contributed by atoms with E-state index in [0.717, 1.165) is 139 Å². The molecule has 128 heavy (non-hydrogen) atoms. The van der Waals surface area contributed by atoms with Gasteiger partial charge in [-0.25, -0.2) is 0 Å². The fraction of sp³-hybridized carbons (Fsp3) is 0.0164. The van der Waals surface area contributed by atoms with Crippen molar-refractivity contribution >= 4 is 122 Å². The lowest BCUT2D eigenvalue weighted by atomic mass is 9.67. The highest BCUT2D eigenvalue weighted by molar-refractivity contribution is 6.13. The molecular formula is C122H79N3O3. The quantitative estimate of drug-likeness (QED) is 0.109. The molecule has 24 aromatic rings. The summed E-state index contributed by atoms with van der Waals surface area (Å²) < 4.78 is 21.9. The molecule has 20 aromatic carbocycles. The van der Waals surface area contributed by atoms with Crippen LogP contribution < -0.4 is 9.80 Å². The molecule has 0 unspecified atom stereocenters. The van der Waals surface area contributed by atoms with E-state index in [1.54, 1.807) is 0 Å². The Kier molecular flexibility index (Phi) is 17.3. The van der Waals surface area contributed by atoms with Crippen molar-refractivity contribution in [1.29, 1.82) is 0 Å². The molecule has 4 aromatic heterocycles. The lowest BCUT2D eigenvalue weighted by Gasteiger charge is -2.35. The summed E-state index contributed by atoms with van der Waals surface area (Å²) in [6, 6.07) is 174. The number of furan rings is 3. The molecule has 2 aliphatic rings. The molecule has 0 bridgehead atoms. The van der Waals surface area contributed by atoms with Crippen molar-refractivity contribution in [2.45, 2.75) is 10.8 Å². The van der Waals surface area contributed by atoms with Gasteiger partial charge in [0.2, 0.25) is 0 Å². The van der Waals surface area contributed by atoms with Gasteiger partial charge in [-0.2, -0.15) is 0 Å². The lowest BCUT2D eigenvalue weighted by molar-refractivity contribution is 0.669. The van der Waals surface area contributed by atoms with Gasteiger partial charge in [-0.15, -0.1) is 0 Å². The van der Waals surface area contributed by atoms with E-state index in [1.807, 2.05) is 36.4 Å². The Balaban J connectivity index is 0.000000139. The second-order valence-electron chi connectivity index (χ2n) is 33.6. The van der Waals surface area contributed by atoms with Gasteiger partial charge in [0.1, 0.15) is 33.5 Å². The first-order valence-electron chi connectivity index (χ1n) is 43.9. The Hall–Kier alpha value is -16.8. The molecule has 2 aliphatic carbocycles. The van der Waals surface area contributed by atoms with Crippen LogP contribution in [-0.2, 0) is 10.8 Å². The van der Waals surface area contributed by atoms with Gasteiger partial charge in [0.05, 0.1) is 21.9 Å². The molecule has 4 heterocycles. The minimum Gasteiger partial charge on any atom is -0.455 e. The SMILES string of the molecule is c1ccc(C2(c3ccccc3)c3ccccc3-c3ccc(N(c4ccc(-c5cccc6c5oc5ccccc56)cc4)c4ccc(-c5cccc6c5oc5ccccc56)cc4)cc32)cc1.c1ccc(C2(c3ccccc3)c3ccccc3-c3ccc(N(c4ccc(-c5cccc6c5oc5ccccc56)cc4)c4ccc(-n5c6ccccc6c6ccccc65)cc4)cc32)cc1. The molecular weight excluding hydrogens is 1560 g/mol. The smallest absolute Gasteiger partial charge is 0.143 e. The van der Waals surface area contributed by atoms with Gasteiger partial charge in [-0.1, -0.05) is 364 Å². The van der Waals surface area contributed by atoms with Crippen molar-refractivity contribution in [3.63, 3.8) is 0 Å². The fourth-order valence-electron chi connectivity index (χ4n) is 21.3. The number of anilines is 6. The van der Waals surface area contributed by atoms with E-state index in [2.05, 4.69) is 457 Å². The molecule has 6 nitrogen and oxygen atoms in total. The number of hydrogen-bond donors (Lipinski definition) is 0. The zero-order chi connectivity index (χ0) is 84.4. The maximum absolute atomic E-state index is 6.50. The maximum Gasteiger partial charge on any atom is 0.143 e. The van der Waals surface area contributed by atoms with E-state index >= 15 is 0 Å². The highest BCUT2D eigenvalue weighted by Gasteiger charge is 2.48. The number of para-hydroxylation sites is 8. The zero-order valence-corrected chi connectivity index (χ0v) is 69.7. The van der Waals surface area contributed by atoms with Crippen LogP contribution in [0.25, 0.3) is 149 Å². The summed E-state index contributed by atoms with van der Waals surface area (Å²) in [6.45, 7) is 0. The highest BCUT2D eigenvalue weighted by Crippen LogP contribution is 2.60. The van der Waals surface area contributed by atoms with Crippen LogP contribution in [0.15, 0.2) is 492 Å². The second kappa shape index (κ2) is 30.0. The standard InChI is InChI=1S/C61H40N2O.C61H39NO2/c1-3-16-42(17-4-1)61(43-18-5-2-6-19-43)55-26-11-7-20-49(55)50-39-38-47(40-56(50)61)62(44-32-30-41(31-33-44)48-24-15-25-54-53-23-10-14-29-59(53)64-60(48)54)45-34-36-46(37-35-45)63-57-27-12-8-21-51(57)52-22-9-13-28-58(52)63;1-3-15-42(16-4-1)61(43-17-5-2-6-18-43)55-26-10-7-19-49(55)50-38-37-46(39-56(50)61)62(44-33-29-40(30-34-44)47-22-13-24-53-51-20-8-11-27-57(51)63-59(47)53)45-35-31-41(32-36-45)48-23-14-25-54-52-21-9-12-28-58(52)64-60(48)54/h1-40H;1-39H. The molecule has 0 N–H and O–H groups in total. The number of benzene rings is 20. The van der Waals surface area contributed by atoms with Crippen LogP contribution >= 0.6 is 0 Å². The molecule has 0 spiro atoms. The highest BCUT2D eigenvalue weighted by atomic mass is 16.3. The largest absolute Gasteiger partial charge is 0.455 e. The Morgan fingerprint density at radius 1 is 0.180 bits per heavy atom. The van der Waals surface area contributed by atoms with Gasteiger partial charge in [0, 0.05) is 99.6 Å². The Morgan fingerprint density at radius 2 is 0.438 bits per heavy atom. The van der Waals surface area contributed by atoms with E-state index in [9.17, 15) is 0 Å². The normalized spacial score (nSPS) is 12.8. The first-order valence-corrected chi connectivity index (χ1v) is 43.9. The maximum atomic E-state index is 6.50. The predicted molar refractivity (Wildman–Crippen MR) is 529 cm³/mol. The zero-order valence-electron chi connectivity index (χ0n) is 69.7. The molecule has 0 aliphatic heterocycles. The topological polar surface area (TPSA) is 50.8 Å². The van der Waals surface area contributed by atoms with Crippen molar-refractivity contribution in [2.75, 3.05) is 9.80 Å². The van der Waals surface area contributed by atoms with Gasteiger partial charge in [0.25, 0.3) is 0 Å². The van der Waals surface area contributed by atoms with Crippen molar-refractivity contribution in [2.24, 2.45) is 0 Å². The minimum absolute atomic E-state index is 0.522. The van der Waals surface area contributed by atoms with Crippen LogP contribution in [0.1, 0.15) is 44.5 Å². The van der Waals surface area contributed by atoms with Crippen LogP contribution in [0.2, 0.25) is 0 Å². The van der Waals surface area contributed by atoms with E-state index < -0.39 is 10.8 Å². The molecule has 0 saturated carbocycles. The van der Waals surface area contributed by atoms with E-state index in [1.165, 1.54) is 88.6 Å². The molecule has 26 rings (SSSR count). The van der Waals surface area contributed by atoms with Gasteiger partial charge in [0.15, 0.2) is 0 Å². The van der Waals surface area contributed by atoms with Gasteiger partial charge in [-0.05, 0) is 199 Å². The summed E-state index contributed by atoms with van der Waals surface area (Å²) in [5.74, 6) is 0. The summed E-state index contributed by atoms with van der Waals surface area (Å²) in [7, 11) is 0. The molecule has 0 radical (unpaired) electrons. The van der Waals surface area contributed by atoms with Crippen LogP contribution in [0, 0.1) is 0 Å². The van der Waals surface area contributed by atoms with Crippen LogP contribution in [0.5, 0.6) is 0 Å². The van der Waals surface area contributed by atoms with E-state index in [0.29, 0.717) is 0 Å². The fourth-order valence-corrected chi connectivity index (χ4v) is 21.3. The number of fused-ring (bicyclic) bond motifs is 18. The van der Waals surface area contributed by atoms with E-state index in [-0.39, 0.29) is 0 Å². The molecule has 0 fully saturated rings. The number of rotatable bonds is 14. The molecule has 0 amide bonds. The van der Waals surface area contributed by atoms with E-state index in [4.69, 9.17) is 13.3 Å². The van der Waals surface area contributed by atoms with Crippen LogP contribution in [0.4, 0.5) is 34.1 Å². The van der Waals surface area contributed by atoms with Gasteiger partial charge < -0.3 is 27.6 Å². The summed E-state index contributed by atoms with van der Waals surface area (Å²) in [5.41, 5.74) is 35.9.